The predicted molar refractivity (Wildman–Crippen MR) is 153 cm³/mol. The number of benzene rings is 2. The predicted octanol–water partition coefficient (Wildman–Crippen LogP) is 4.33. The van der Waals surface area contributed by atoms with E-state index in [2.05, 4.69) is 15.6 Å². The van der Waals surface area contributed by atoms with Crippen LogP contribution in [-0.2, 0) is 29.7 Å². The maximum atomic E-state index is 12.9. The van der Waals surface area contributed by atoms with Gasteiger partial charge < -0.3 is 14.6 Å². The number of halogens is 1. The van der Waals surface area contributed by atoms with Gasteiger partial charge in [-0.05, 0) is 35.9 Å². The second kappa shape index (κ2) is 11.0. The number of rotatable bonds is 7. The normalized spacial score (nSPS) is 15.0. The summed E-state index contributed by atoms with van der Waals surface area (Å²) >= 11 is 6.19. The molecule has 0 unspecified atom stereocenters. The molecule has 2 aliphatic heterocycles. The minimum Gasteiger partial charge on any atom is -0.456 e. The molecule has 0 atom stereocenters. The number of carbonyl (C=O) groups excluding carboxylic acids is 3. The summed E-state index contributed by atoms with van der Waals surface area (Å²) in [6, 6.07) is 17.8. The Morgan fingerprint density at radius 3 is 2.78 bits per heavy atom. The molecule has 4 heterocycles. The Bertz CT molecular complexity index is 1670. The molecule has 0 spiro atoms. The van der Waals surface area contributed by atoms with E-state index in [-0.39, 0.29) is 31.3 Å². The number of carbonyl (C=O) groups is 3. The maximum Gasteiger partial charge on any atom is 0.329 e. The molecule has 41 heavy (non-hydrogen) atoms. The number of para-hydroxylation sites is 1. The fourth-order valence-electron chi connectivity index (χ4n) is 4.92. The van der Waals surface area contributed by atoms with E-state index in [1.54, 1.807) is 54.2 Å². The number of urea groups is 1. The summed E-state index contributed by atoms with van der Waals surface area (Å²) in [5.74, 6) is 1.83. The number of nitrogens with zero attached hydrogens (tertiary/aromatic N) is 5. The Hall–Kier alpha value is -4.74. The van der Waals surface area contributed by atoms with E-state index in [0.29, 0.717) is 52.6 Å². The SMILES string of the molecule is Cn1c(N2CCC(=O)NC2=O)cnc1-c1ccc2c(n1)CN(CC(=O)Nc1cccc(Oc3ccccc3Cl)c1)C2. The fourth-order valence-corrected chi connectivity index (χ4v) is 5.10. The van der Waals surface area contributed by atoms with Crippen LogP contribution >= 0.6 is 11.6 Å². The number of nitrogens with one attached hydrogen (secondary N) is 2. The van der Waals surface area contributed by atoms with Crippen LogP contribution in [0.2, 0.25) is 5.02 Å². The highest BCUT2D eigenvalue weighted by Gasteiger charge is 2.28. The molecule has 0 aliphatic carbocycles. The van der Waals surface area contributed by atoms with Gasteiger partial charge in [0.05, 0.1) is 23.5 Å². The molecule has 4 amide bonds. The lowest BCUT2D eigenvalue weighted by Crippen LogP contribution is -2.50. The van der Waals surface area contributed by atoms with Gasteiger partial charge >= 0.3 is 6.03 Å². The van der Waals surface area contributed by atoms with Gasteiger partial charge in [-0.2, -0.15) is 0 Å². The Morgan fingerprint density at radius 1 is 1.10 bits per heavy atom. The largest absolute Gasteiger partial charge is 0.456 e. The molecule has 0 bridgehead atoms. The van der Waals surface area contributed by atoms with Crippen LogP contribution in [0.1, 0.15) is 17.7 Å². The molecule has 208 valence electrons. The van der Waals surface area contributed by atoms with Gasteiger partial charge in [0.15, 0.2) is 5.82 Å². The highest BCUT2D eigenvalue weighted by Crippen LogP contribution is 2.31. The number of hydrogen-bond donors (Lipinski definition) is 2. The first kappa shape index (κ1) is 26.5. The van der Waals surface area contributed by atoms with E-state index < -0.39 is 6.03 Å². The van der Waals surface area contributed by atoms with Gasteiger partial charge in [0, 0.05) is 44.9 Å². The summed E-state index contributed by atoms with van der Waals surface area (Å²) in [5, 5.41) is 5.77. The van der Waals surface area contributed by atoms with Crippen LogP contribution in [0.15, 0.2) is 66.9 Å². The van der Waals surface area contributed by atoms with Crippen LogP contribution in [0, 0.1) is 0 Å². The minimum absolute atomic E-state index is 0.153. The molecule has 1 fully saturated rings. The molecule has 0 radical (unpaired) electrons. The van der Waals surface area contributed by atoms with Gasteiger partial charge in [0.2, 0.25) is 11.8 Å². The van der Waals surface area contributed by atoms with Crippen molar-refractivity contribution in [3.63, 3.8) is 0 Å². The number of anilines is 2. The Balaban J connectivity index is 1.09. The van der Waals surface area contributed by atoms with Gasteiger partial charge in [0.25, 0.3) is 0 Å². The number of hydrogen-bond acceptors (Lipinski definition) is 7. The maximum absolute atomic E-state index is 12.9. The number of ether oxygens (including phenoxy) is 1. The van der Waals surface area contributed by atoms with E-state index >= 15 is 0 Å². The molecule has 2 aromatic carbocycles. The molecule has 1 saturated heterocycles. The summed E-state index contributed by atoms with van der Waals surface area (Å²) in [5.41, 5.74) is 3.19. The Morgan fingerprint density at radius 2 is 1.95 bits per heavy atom. The average Bonchev–Trinajstić information content (AvgIpc) is 3.52. The molecule has 2 aliphatic rings. The summed E-state index contributed by atoms with van der Waals surface area (Å²) in [6.45, 7) is 1.59. The van der Waals surface area contributed by atoms with Crippen molar-refractivity contribution >= 4 is 41.0 Å². The quantitative estimate of drug-likeness (QED) is 0.339. The van der Waals surface area contributed by atoms with Crippen LogP contribution in [-0.4, -0.2) is 50.4 Å². The van der Waals surface area contributed by atoms with Crippen molar-refractivity contribution in [2.45, 2.75) is 19.5 Å². The zero-order valence-corrected chi connectivity index (χ0v) is 22.9. The van der Waals surface area contributed by atoms with Crippen LogP contribution in [0.4, 0.5) is 16.3 Å². The van der Waals surface area contributed by atoms with Crippen molar-refractivity contribution in [1.29, 1.82) is 0 Å². The first-order chi connectivity index (χ1) is 19.8. The van der Waals surface area contributed by atoms with Gasteiger partial charge in [-0.1, -0.05) is 35.9 Å². The van der Waals surface area contributed by atoms with Crippen LogP contribution < -0.4 is 20.3 Å². The average molecular weight is 572 g/mol. The van der Waals surface area contributed by atoms with E-state index in [1.165, 1.54) is 4.90 Å². The highest BCUT2D eigenvalue weighted by atomic mass is 35.5. The van der Waals surface area contributed by atoms with Gasteiger partial charge in [-0.3, -0.25) is 24.7 Å². The second-order valence-electron chi connectivity index (χ2n) is 9.81. The molecule has 12 heteroatoms. The standard InChI is InChI=1S/C29H26ClN7O4/c1-35-27(37-12-11-25(38)34-29(37)40)14-31-28(35)22-10-9-18-15-36(16-23(18)33-22)17-26(39)32-19-5-4-6-20(13-19)41-24-8-3-2-7-21(24)30/h2-10,13-14H,11-12,15-17H2,1H3,(H,32,39)(H,34,38,40). The Kier molecular flexibility index (Phi) is 7.12. The van der Waals surface area contributed by atoms with Crippen LogP contribution in [0.25, 0.3) is 11.5 Å². The zero-order chi connectivity index (χ0) is 28.5. The summed E-state index contributed by atoms with van der Waals surface area (Å²) < 4.78 is 7.65. The van der Waals surface area contributed by atoms with E-state index in [4.69, 9.17) is 21.3 Å². The van der Waals surface area contributed by atoms with E-state index in [0.717, 1.165) is 11.3 Å². The molecule has 4 aromatic rings. The number of aromatic nitrogens is 3. The number of pyridine rings is 1. The molecular formula is C29H26ClN7O4. The fraction of sp³-hybridized carbons (Fsp3) is 0.207. The van der Waals surface area contributed by atoms with Crippen LogP contribution in [0.3, 0.4) is 0 Å². The summed E-state index contributed by atoms with van der Waals surface area (Å²) in [4.78, 5) is 49.5. The lowest BCUT2D eigenvalue weighted by molar-refractivity contribution is -0.120. The summed E-state index contributed by atoms with van der Waals surface area (Å²) in [6.07, 6.45) is 1.83. The van der Waals surface area contributed by atoms with Crippen LogP contribution in [0.5, 0.6) is 11.5 Å². The van der Waals surface area contributed by atoms with Gasteiger partial charge in [0.1, 0.15) is 23.0 Å². The monoisotopic (exact) mass is 571 g/mol. The molecule has 2 aromatic heterocycles. The first-order valence-corrected chi connectivity index (χ1v) is 13.4. The lowest BCUT2D eigenvalue weighted by atomic mass is 10.2. The third-order valence-corrected chi connectivity index (χ3v) is 7.22. The molecular weight excluding hydrogens is 546 g/mol. The van der Waals surface area contributed by atoms with Gasteiger partial charge in [-0.25, -0.2) is 14.8 Å². The summed E-state index contributed by atoms with van der Waals surface area (Å²) in [7, 11) is 1.81. The van der Waals surface area contributed by atoms with Crippen molar-refractivity contribution < 1.29 is 19.1 Å². The van der Waals surface area contributed by atoms with E-state index in [1.807, 2.05) is 29.2 Å². The third kappa shape index (κ3) is 5.63. The number of imidazole rings is 1. The van der Waals surface area contributed by atoms with Crippen molar-refractivity contribution in [2.75, 3.05) is 23.3 Å². The zero-order valence-electron chi connectivity index (χ0n) is 22.1. The van der Waals surface area contributed by atoms with Crippen molar-refractivity contribution in [3.05, 3.63) is 83.1 Å². The molecule has 2 N–H and O–H groups in total. The number of amides is 4. The van der Waals surface area contributed by atoms with Crippen molar-refractivity contribution in [1.82, 2.24) is 24.8 Å². The second-order valence-corrected chi connectivity index (χ2v) is 10.2. The molecule has 0 saturated carbocycles. The van der Waals surface area contributed by atoms with Gasteiger partial charge in [-0.15, -0.1) is 0 Å². The smallest absolute Gasteiger partial charge is 0.329 e. The van der Waals surface area contributed by atoms with Crippen molar-refractivity contribution in [3.8, 4) is 23.0 Å². The number of imide groups is 1. The first-order valence-electron chi connectivity index (χ1n) is 13.0. The highest BCUT2D eigenvalue weighted by molar-refractivity contribution is 6.32. The molecule has 6 rings (SSSR count). The minimum atomic E-state index is -0.466. The van der Waals surface area contributed by atoms with Crippen molar-refractivity contribution in [2.24, 2.45) is 7.05 Å². The third-order valence-electron chi connectivity index (χ3n) is 6.91. The lowest BCUT2D eigenvalue weighted by Gasteiger charge is -2.26. The Labute approximate surface area is 240 Å². The molecule has 11 nitrogen and oxygen atoms in total. The number of fused-ring (bicyclic) bond motifs is 1. The topological polar surface area (TPSA) is 122 Å². The van der Waals surface area contributed by atoms with E-state index in [9.17, 15) is 14.4 Å².